The minimum Gasteiger partial charge on any atom is -0.372 e. The van der Waals surface area contributed by atoms with Crippen molar-refractivity contribution in [2.24, 2.45) is 0 Å². The third-order valence-electron chi connectivity index (χ3n) is 6.03. The van der Waals surface area contributed by atoms with Crippen molar-refractivity contribution in [3.8, 4) is 11.3 Å². The molecule has 0 unspecified atom stereocenters. The molecule has 3 aromatic rings. The highest BCUT2D eigenvalue weighted by molar-refractivity contribution is 5.92. The van der Waals surface area contributed by atoms with Gasteiger partial charge in [0.2, 0.25) is 5.91 Å². The molecule has 1 fully saturated rings. The number of alkyl halides is 2. The second-order valence-corrected chi connectivity index (χ2v) is 8.95. The van der Waals surface area contributed by atoms with Crippen LogP contribution in [0.2, 0.25) is 0 Å². The number of hydrogen-bond donors (Lipinski definition) is 1. The summed E-state index contributed by atoms with van der Waals surface area (Å²) in [5.74, 6) is -2.27. The zero-order valence-corrected chi connectivity index (χ0v) is 20.2. The van der Waals surface area contributed by atoms with Gasteiger partial charge in [-0.25, -0.2) is 13.8 Å². The monoisotopic (exact) mass is 480 g/mol. The molecule has 0 bridgehead atoms. The van der Waals surface area contributed by atoms with E-state index in [1.54, 1.807) is 24.5 Å². The van der Waals surface area contributed by atoms with Crippen LogP contribution in [-0.2, 0) is 21.9 Å². The van der Waals surface area contributed by atoms with E-state index in [4.69, 9.17) is 4.74 Å². The van der Waals surface area contributed by atoms with Crippen molar-refractivity contribution in [3.63, 3.8) is 0 Å². The standard InChI is InChI=1S/C27H30F2N4O2/c1-4-27(28,29)22-9-5-20(6-10-22)15-24(34)32-23-11-7-21(8-12-23)25-26(31-14-13-30-25)33-16-18(2)35-19(3)17-33/h5-14,18-19H,4,15-17H2,1-3H3,(H,32,34)/t18-,19+. The molecule has 2 atom stereocenters. The summed E-state index contributed by atoms with van der Waals surface area (Å²) in [6, 6.07) is 13.4. The molecule has 184 valence electrons. The number of anilines is 2. The summed E-state index contributed by atoms with van der Waals surface area (Å²) in [4.78, 5) is 23.8. The lowest BCUT2D eigenvalue weighted by molar-refractivity contribution is -0.115. The number of rotatable bonds is 7. The van der Waals surface area contributed by atoms with Crippen molar-refractivity contribution >= 4 is 17.4 Å². The van der Waals surface area contributed by atoms with Gasteiger partial charge < -0.3 is 15.0 Å². The molecule has 2 aromatic carbocycles. The number of hydrogen-bond acceptors (Lipinski definition) is 5. The summed E-state index contributed by atoms with van der Waals surface area (Å²) in [5.41, 5.74) is 2.95. The van der Waals surface area contributed by atoms with Gasteiger partial charge in [0, 0.05) is 48.7 Å². The Morgan fingerprint density at radius 2 is 1.66 bits per heavy atom. The second kappa shape index (κ2) is 10.5. The number of halogens is 2. The molecule has 4 rings (SSSR count). The van der Waals surface area contributed by atoms with Crippen LogP contribution < -0.4 is 10.2 Å². The van der Waals surface area contributed by atoms with E-state index in [0.717, 1.165) is 30.2 Å². The van der Waals surface area contributed by atoms with Gasteiger partial charge in [0.05, 0.1) is 18.6 Å². The van der Waals surface area contributed by atoms with Crippen LogP contribution in [0.3, 0.4) is 0 Å². The summed E-state index contributed by atoms with van der Waals surface area (Å²) >= 11 is 0. The quantitative estimate of drug-likeness (QED) is 0.488. The van der Waals surface area contributed by atoms with Gasteiger partial charge in [-0.1, -0.05) is 43.3 Å². The third-order valence-corrected chi connectivity index (χ3v) is 6.03. The second-order valence-electron chi connectivity index (χ2n) is 8.95. The summed E-state index contributed by atoms with van der Waals surface area (Å²) in [7, 11) is 0. The highest BCUT2D eigenvalue weighted by atomic mass is 19.3. The van der Waals surface area contributed by atoms with Gasteiger partial charge in [0.15, 0.2) is 5.82 Å². The smallest absolute Gasteiger partial charge is 0.273 e. The summed E-state index contributed by atoms with van der Waals surface area (Å²) in [5, 5.41) is 2.86. The van der Waals surface area contributed by atoms with Crippen molar-refractivity contribution in [2.75, 3.05) is 23.3 Å². The Morgan fingerprint density at radius 3 is 2.29 bits per heavy atom. The van der Waals surface area contributed by atoms with E-state index in [-0.39, 0.29) is 36.5 Å². The van der Waals surface area contributed by atoms with E-state index in [9.17, 15) is 13.6 Å². The van der Waals surface area contributed by atoms with Crippen LogP contribution in [0, 0.1) is 0 Å². The number of nitrogens with one attached hydrogen (secondary N) is 1. The van der Waals surface area contributed by atoms with E-state index in [1.807, 2.05) is 38.1 Å². The van der Waals surface area contributed by atoms with Crippen molar-refractivity contribution in [2.45, 2.75) is 51.7 Å². The lowest BCUT2D eigenvalue weighted by Crippen LogP contribution is -2.46. The SMILES string of the molecule is CCC(F)(F)c1ccc(CC(=O)Nc2ccc(-c3nccnc3N3C[C@@H](C)O[C@@H](C)C3)cc2)cc1. The largest absolute Gasteiger partial charge is 0.372 e. The molecule has 35 heavy (non-hydrogen) atoms. The van der Waals surface area contributed by atoms with Gasteiger partial charge in [-0.05, 0) is 31.5 Å². The van der Waals surface area contributed by atoms with Crippen LogP contribution in [-0.4, -0.2) is 41.2 Å². The number of morpholine rings is 1. The molecule has 1 amide bonds. The van der Waals surface area contributed by atoms with Crippen LogP contribution in [0.5, 0.6) is 0 Å². The predicted molar refractivity (Wildman–Crippen MR) is 133 cm³/mol. The van der Waals surface area contributed by atoms with Crippen molar-refractivity contribution in [1.82, 2.24) is 9.97 Å². The van der Waals surface area contributed by atoms with Crippen LogP contribution >= 0.6 is 0 Å². The average Bonchev–Trinajstić information content (AvgIpc) is 2.84. The Balaban J connectivity index is 1.42. The Kier molecular flexibility index (Phi) is 7.40. The maximum Gasteiger partial charge on any atom is 0.273 e. The Hall–Kier alpha value is -3.39. The fourth-order valence-electron chi connectivity index (χ4n) is 4.29. The molecule has 2 heterocycles. The topological polar surface area (TPSA) is 67.4 Å². The minimum absolute atomic E-state index is 0.0379. The Labute approximate surface area is 204 Å². The first-order valence-corrected chi connectivity index (χ1v) is 11.8. The average molecular weight is 481 g/mol. The molecular weight excluding hydrogens is 450 g/mol. The van der Waals surface area contributed by atoms with Crippen LogP contribution in [0.15, 0.2) is 60.9 Å². The van der Waals surface area contributed by atoms with Gasteiger partial charge in [0.1, 0.15) is 5.69 Å². The molecule has 8 heteroatoms. The van der Waals surface area contributed by atoms with Gasteiger partial charge in [-0.2, -0.15) is 0 Å². The molecule has 1 aliphatic rings. The number of ether oxygens (including phenoxy) is 1. The molecular formula is C27H30F2N4O2. The number of benzene rings is 2. The van der Waals surface area contributed by atoms with Crippen LogP contribution in [0.4, 0.5) is 20.3 Å². The first kappa shape index (κ1) is 24.7. The minimum atomic E-state index is -2.86. The molecule has 1 saturated heterocycles. The predicted octanol–water partition coefficient (Wildman–Crippen LogP) is 5.44. The van der Waals surface area contributed by atoms with Gasteiger partial charge >= 0.3 is 0 Å². The lowest BCUT2D eigenvalue weighted by atomic mass is 10.0. The number of amides is 1. The first-order chi connectivity index (χ1) is 16.7. The Bertz CT molecular complexity index is 1140. The highest BCUT2D eigenvalue weighted by Gasteiger charge is 2.28. The van der Waals surface area contributed by atoms with E-state index >= 15 is 0 Å². The number of nitrogens with zero attached hydrogens (tertiary/aromatic N) is 3. The van der Waals surface area contributed by atoms with Crippen LogP contribution in [0.25, 0.3) is 11.3 Å². The normalized spacial score (nSPS) is 18.4. The number of carbonyl (C=O) groups is 1. The van der Waals surface area contributed by atoms with E-state index in [1.165, 1.54) is 19.1 Å². The summed E-state index contributed by atoms with van der Waals surface area (Å²) in [6.45, 7) is 7.01. The highest BCUT2D eigenvalue weighted by Crippen LogP contribution is 2.32. The van der Waals surface area contributed by atoms with Crippen LogP contribution in [0.1, 0.15) is 38.3 Å². The number of aromatic nitrogens is 2. The lowest BCUT2D eigenvalue weighted by Gasteiger charge is -2.36. The third kappa shape index (κ3) is 6.00. The molecule has 0 saturated carbocycles. The molecule has 0 aliphatic carbocycles. The molecule has 1 aliphatic heterocycles. The molecule has 0 spiro atoms. The van der Waals surface area contributed by atoms with Crippen molar-refractivity contribution < 1.29 is 18.3 Å². The first-order valence-electron chi connectivity index (χ1n) is 11.8. The van der Waals surface area contributed by atoms with Gasteiger partial charge in [-0.3, -0.25) is 9.78 Å². The number of carbonyl (C=O) groups excluding carboxylic acids is 1. The van der Waals surface area contributed by atoms with E-state index < -0.39 is 5.92 Å². The van der Waals surface area contributed by atoms with Gasteiger partial charge in [-0.15, -0.1) is 0 Å². The zero-order valence-electron chi connectivity index (χ0n) is 20.2. The molecule has 1 aromatic heterocycles. The molecule has 0 radical (unpaired) electrons. The van der Waals surface area contributed by atoms with E-state index in [0.29, 0.717) is 11.3 Å². The maximum absolute atomic E-state index is 13.8. The fraction of sp³-hybridized carbons (Fsp3) is 0.370. The van der Waals surface area contributed by atoms with Crippen molar-refractivity contribution in [1.29, 1.82) is 0 Å². The maximum atomic E-state index is 13.8. The fourth-order valence-corrected chi connectivity index (χ4v) is 4.29. The zero-order chi connectivity index (χ0) is 25.0. The summed E-state index contributed by atoms with van der Waals surface area (Å²) in [6.07, 6.45) is 3.40. The Morgan fingerprint density at radius 1 is 1.03 bits per heavy atom. The van der Waals surface area contributed by atoms with Gasteiger partial charge in [0.25, 0.3) is 5.92 Å². The summed E-state index contributed by atoms with van der Waals surface area (Å²) < 4.78 is 33.4. The van der Waals surface area contributed by atoms with Crippen molar-refractivity contribution in [3.05, 3.63) is 72.1 Å². The van der Waals surface area contributed by atoms with E-state index in [2.05, 4.69) is 20.2 Å². The molecule has 1 N–H and O–H groups in total. The molecule has 6 nitrogen and oxygen atoms in total.